The van der Waals surface area contributed by atoms with Crippen LogP contribution in [0.3, 0.4) is 0 Å². The zero-order chi connectivity index (χ0) is 11.7. The molecule has 0 saturated heterocycles. The molecule has 0 bridgehead atoms. The second kappa shape index (κ2) is 4.72. The molecule has 0 aromatic carbocycles. The predicted octanol–water partition coefficient (Wildman–Crippen LogP) is 3.49. The number of Topliss-reactive ketones (excluding diaryl/α,β-unsaturated/α-hetero) is 1. The van der Waals surface area contributed by atoms with Crippen LogP contribution >= 0.6 is 0 Å². The zero-order valence-electron chi connectivity index (χ0n) is 10.7. The van der Waals surface area contributed by atoms with Crippen molar-refractivity contribution < 1.29 is 9.53 Å². The molecule has 17 heavy (non-hydrogen) atoms. The Kier molecular flexibility index (Phi) is 3.25. The van der Waals surface area contributed by atoms with Crippen molar-refractivity contribution in [2.24, 2.45) is 11.3 Å². The molecule has 0 N–H and O–H groups in total. The first-order valence-electron chi connectivity index (χ1n) is 7.46. The average molecular weight is 236 g/mol. The molecule has 0 amide bonds. The van der Waals surface area contributed by atoms with Gasteiger partial charge >= 0.3 is 0 Å². The Hall–Kier alpha value is -0.370. The molecule has 3 aliphatic rings. The molecule has 2 nitrogen and oxygen atoms in total. The van der Waals surface area contributed by atoms with Crippen molar-refractivity contribution in [3.05, 3.63) is 0 Å². The number of ether oxygens (including phenoxy) is 1. The summed E-state index contributed by atoms with van der Waals surface area (Å²) >= 11 is 0. The van der Waals surface area contributed by atoms with E-state index in [1.54, 1.807) is 0 Å². The van der Waals surface area contributed by atoms with E-state index in [1.165, 1.54) is 44.9 Å². The Bertz CT molecular complexity index is 285. The molecular weight excluding hydrogens is 212 g/mol. The van der Waals surface area contributed by atoms with Gasteiger partial charge in [0.2, 0.25) is 0 Å². The average Bonchev–Trinajstić information content (AvgIpc) is 3.14. The largest absolute Gasteiger partial charge is 0.377 e. The van der Waals surface area contributed by atoms with Crippen molar-refractivity contribution in [1.82, 2.24) is 0 Å². The van der Waals surface area contributed by atoms with E-state index in [9.17, 15) is 4.79 Å². The summed E-state index contributed by atoms with van der Waals surface area (Å²) in [4.78, 5) is 12.0. The van der Waals surface area contributed by atoms with Crippen LogP contribution in [0, 0.1) is 11.3 Å². The summed E-state index contributed by atoms with van der Waals surface area (Å²) in [6.07, 6.45) is 12.3. The van der Waals surface area contributed by atoms with Crippen LogP contribution in [-0.4, -0.2) is 18.5 Å². The third-order valence-corrected chi connectivity index (χ3v) is 5.08. The highest BCUT2D eigenvalue weighted by molar-refractivity contribution is 5.92. The number of hydrogen-bond acceptors (Lipinski definition) is 2. The van der Waals surface area contributed by atoms with Crippen LogP contribution in [-0.2, 0) is 9.53 Å². The number of carbonyl (C=O) groups is 1. The van der Waals surface area contributed by atoms with Crippen LogP contribution in [0.15, 0.2) is 0 Å². The van der Waals surface area contributed by atoms with Crippen LogP contribution in [0.1, 0.15) is 64.2 Å². The lowest BCUT2D eigenvalue weighted by molar-refractivity contribution is -0.166. The van der Waals surface area contributed by atoms with E-state index in [4.69, 9.17) is 4.74 Å². The van der Waals surface area contributed by atoms with Gasteiger partial charge in [-0.1, -0.05) is 38.5 Å². The molecule has 1 spiro atoms. The summed E-state index contributed by atoms with van der Waals surface area (Å²) in [5.74, 6) is 1.44. The molecular formula is C15H24O2. The highest BCUT2D eigenvalue weighted by Gasteiger charge is 2.54. The second-order valence-electron chi connectivity index (χ2n) is 6.29. The van der Waals surface area contributed by atoms with Crippen LogP contribution in [0.2, 0.25) is 0 Å². The fourth-order valence-electron chi connectivity index (χ4n) is 3.58. The number of ketones is 1. The van der Waals surface area contributed by atoms with E-state index in [0.717, 1.165) is 25.4 Å². The van der Waals surface area contributed by atoms with Gasteiger partial charge in [0, 0.05) is 13.0 Å². The minimum Gasteiger partial charge on any atom is -0.377 e. The lowest BCUT2D eigenvalue weighted by Crippen LogP contribution is -2.55. The smallest absolute Gasteiger partial charge is 0.144 e. The Morgan fingerprint density at radius 3 is 2.41 bits per heavy atom. The van der Waals surface area contributed by atoms with Gasteiger partial charge in [0.25, 0.3) is 0 Å². The number of rotatable bonds is 4. The normalized spacial score (nSPS) is 32.2. The van der Waals surface area contributed by atoms with E-state index in [1.807, 2.05) is 0 Å². The highest BCUT2D eigenvalue weighted by atomic mass is 16.5. The van der Waals surface area contributed by atoms with Gasteiger partial charge in [0.05, 0.1) is 11.5 Å². The van der Waals surface area contributed by atoms with Crippen molar-refractivity contribution in [2.45, 2.75) is 70.3 Å². The first-order valence-corrected chi connectivity index (χ1v) is 7.46. The van der Waals surface area contributed by atoms with Crippen molar-refractivity contribution in [3.63, 3.8) is 0 Å². The minimum atomic E-state index is -0.0416. The minimum absolute atomic E-state index is 0.0416. The molecule has 3 fully saturated rings. The summed E-state index contributed by atoms with van der Waals surface area (Å²) in [5.41, 5.74) is -0.0416. The Morgan fingerprint density at radius 1 is 1.12 bits per heavy atom. The van der Waals surface area contributed by atoms with Crippen LogP contribution < -0.4 is 0 Å². The summed E-state index contributed by atoms with van der Waals surface area (Å²) < 4.78 is 6.03. The monoisotopic (exact) mass is 236 g/mol. The van der Waals surface area contributed by atoms with Crippen LogP contribution in [0.25, 0.3) is 0 Å². The molecule has 0 aromatic rings. The molecule has 3 aliphatic carbocycles. The zero-order valence-corrected chi connectivity index (χ0v) is 10.7. The highest BCUT2D eigenvalue weighted by Crippen LogP contribution is 2.49. The molecule has 0 heterocycles. The summed E-state index contributed by atoms with van der Waals surface area (Å²) in [6.45, 7) is 0.893. The maximum atomic E-state index is 12.0. The lowest BCUT2D eigenvalue weighted by Gasteiger charge is -2.47. The number of hydrogen-bond donors (Lipinski definition) is 0. The molecule has 3 saturated carbocycles. The molecule has 1 unspecified atom stereocenters. The van der Waals surface area contributed by atoms with Crippen molar-refractivity contribution in [1.29, 1.82) is 0 Å². The van der Waals surface area contributed by atoms with Crippen LogP contribution in [0.5, 0.6) is 0 Å². The van der Waals surface area contributed by atoms with E-state index < -0.39 is 0 Å². The van der Waals surface area contributed by atoms with Gasteiger partial charge in [-0.25, -0.2) is 0 Å². The van der Waals surface area contributed by atoms with Gasteiger partial charge in [-0.05, 0) is 25.2 Å². The molecule has 2 heteroatoms. The molecule has 3 rings (SSSR count). The van der Waals surface area contributed by atoms with Gasteiger partial charge in [-0.15, -0.1) is 0 Å². The SMILES string of the molecule is O=C1CC(OCCC2CC2)C12CCCCCC2. The summed E-state index contributed by atoms with van der Waals surface area (Å²) in [7, 11) is 0. The first-order chi connectivity index (χ1) is 8.31. The third-order valence-electron chi connectivity index (χ3n) is 5.08. The molecule has 0 aromatic heterocycles. The quantitative estimate of drug-likeness (QED) is 0.747. The predicted molar refractivity (Wildman–Crippen MR) is 66.8 cm³/mol. The first kappa shape index (κ1) is 11.7. The van der Waals surface area contributed by atoms with E-state index in [0.29, 0.717) is 12.2 Å². The Balaban J connectivity index is 1.54. The van der Waals surface area contributed by atoms with E-state index in [-0.39, 0.29) is 11.5 Å². The van der Waals surface area contributed by atoms with Gasteiger partial charge in [0.1, 0.15) is 5.78 Å². The fraction of sp³-hybridized carbons (Fsp3) is 0.933. The maximum absolute atomic E-state index is 12.0. The number of carbonyl (C=O) groups excluding carboxylic acids is 1. The van der Waals surface area contributed by atoms with E-state index >= 15 is 0 Å². The Labute approximate surface area is 104 Å². The molecule has 0 radical (unpaired) electrons. The summed E-state index contributed by atoms with van der Waals surface area (Å²) in [6, 6.07) is 0. The van der Waals surface area contributed by atoms with Crippen molar-refractivity contribution in [2.75, 3.05) is 6.61 Å². The van der Waals surface area contributed by atoms with E-state index in [2.05, 4.69) is 0 Å². The molecule has 0 aliphatic heterocycles. The van der Waals surface area contributed by atoms with Gasteiger partial charge in [0.15, 0.2) is 0 Å². The standard InChI is InChI=1S/C15H24O2/c16-13-11-14(17-10-7-12-5-6-12)15(13)8-3-1-2-4-9-15/h12,14H,1-11H2. The molecule has 96 valence electrons. The lowest BCUT2D eigenvalue weighted by atomic mass is 9.60. The Morgan fingerprint density at radius 2 is 1.82 bits per heavy atom. The van der Waals surface area contributed by atoms with Gasteiger partial charge in [-0.2, -0.15) is 0 Å². The molecule has 1 atom stereocenters. The second-order valence-corrected chi connectivity index (χ2v) is 6.29. The van der Waals surface area contributed by atoms with Gasteiger partial charge < -0.3 is 4.74 Å². The third kappa shape index (κ3) is 2.29. The summed E-state index contributed by atoms with van der Waals surface area (Å²) in [5, 5.41) is 0. The van der Waals surface area contributed by atoms with Gasteiger partial charge in [-0.3, -0.25) is 4.79 Å². The van der Waals surface area contributed by atoms with Crippen LogP contribution in [0.4, 0.5) is 0 Å². The van der Waals surface area contributed by atoms with Crippen molar-refractivity contribution >= 4 is 5.78 Å². The van der Waals surface area contributed by atoms with Crippen molar-refractivity contribution in [3.8, 4) is 0 Å². The topological polar surface area (TPSA) is 26.3 Å². The maximum Gasteiger partial charge on any atom is 0.144 e. The fourth-order valence-corrected chi connectivity index (χ4v) is 3.58.